The number of benzene rings is 1. The van der Waals surface area contributed by atoms with E-state index in [4.69, 9.17) is 4.74 Å². The molecule has 200 valence electrons. The first-order valence-electron chi connectivity index (χ1n) is 13.0. The average molecular weight is 528 g/mol. The first-order chi connectivity index (χ1) is 18.2. The number of nitrogens with one attached hydrogen (secondary N) is 1. The summed E-state index contributed by atoms with van der Waals surface area (Å²) < 4.78 is 45.3. The van der Waals surface area contributed by atoms with Gasteiger partial charge in [-0.15, -0.1) is 0 Å². The number of carbonyl (C=O) groups is 2. The molecule has 3 aromatic rings. The van der Waals surface area contributed by atoms with E-state index in [0.29, 0.717) is 55.6 Å². The van der Waals surface area contributed by atoms with E-state index in [9.17, 15) is 22.8 Å². The van der Waals surface area contributed by atoms with Gasteiger partial charge < -0.3 is 14.5 Å². The second kappa shape index (κ2) is 9.28. The first kappa shape index (κ1) is 24.7. The molecule has 0 bridgehead atoms. The van der Waals surface area contributed by atoms with Crippen molar-refractivity contribution in [3.8, 4) is 5.75 Å². The number of halogens is 3. The van der Waals surface area contributed by atoms with E-state index in [2.05, 4.69) is 15.2 Å². The fourth-order valence-electron chi connectivity index (χ4n) is 6.38. The summed E-state index contributed by atoms with van der Waals surface area (Å²) in [5.41, 5.74) is 1.47. The number of anilines is 1. The van der Waals surface area contributed by atoms with E-state index in [1.807, 2.05) is 30.3 Å². The maximum absolute atomic E-state index is 13.9. The quantitative estimate of drug-likeness (QED) is 0.527. The van der Waals surface area contributed by atoms with Crippen LogP contribution in [0, 0.1) is 0 Å². The van der Waals surface area contributed by atoms with E-state index in [1.165, 1.54) is 9.80 Å². The van der Waals surface area contributed by atoms with E-state index in [-0.39, 0.29) is 25.1 Å². The highest BCUT2D eigenvalue weighted by Gasteiger charge is 2.53. The fourth-order valence-corrected chi connectivity index (χ4v) is 6.38. The summed E-state index contributed by atoms with van der Waals surface area (Å²) in [5.74, 6) is 0.0545. The summed E-state index contributed by atoms with van der Waals surface area (Å²) in [6.45, 7) is 0.0369. The molecule has 0 radical (unpaired) electrons. The number of nitrogens with zero attached hydrogens (tertiary/aromatic N) is 4. The molecule has 2 fully saturated rings. The molecular formula is C27H28F3N5O3. The van der Waals surface area contributed by atoms with Crippen LogP contribution in [0.25, 0.3) is 11.0 Å². The van der Waals surface area contributed by atoms with Crippen LogP contribution in [0.2, 0.25) is 0 Å². The Morgan fingerprint density at radius 3 is 2.74 bits per heavy atom. The average Bonchev–Trinajstić information content (AvgIpc) is 3.59. The van der Waals surface area contributed by atoms with Gasteiger partial charge in [-0.1, -0.05) is 18.2 Å². The summed E-state index contributed by atoms with van der Waals surface area (Å²) in [4.78, 5) is 34.2. The Bertz CT molecular complexity index is 1370. The van der Waals surface area contributed by atoms with Crippen molar-refractivity contribution in [1.82, 2.24) is 20.1 Å². The van der Waals surface area contributed by atoms with Crippen molar-refractivity contribution < 1.29 is 27.5 Å². The van der Waals surface area contributed by atoms with Gasteiger partial charge in [0.15, 0.2) is 5.65 Å². The minimum absolute atomic E-state index is 0.0878. The number of likely N-dealkylation sites (tertiary alicyclic amines) is 1. The molecule has 1 saturated carbocycles. The van der Waals surface area contributed by atoms with Gasteiger partial charge in [-0.05, 0) is 56.2 Å². The van der Waals surface area contributed by atoms with Gasteiger partial charge >= 0.3 is 6.18 Å². The van der Waals surface area contributed by atoms with Gasteiger partial charge in [0.2, 0.25) is 11.8 Å². The van der Waals surface area contributed by atoms with Crippen LogP contribution >= 0.6 is 0 Å². The van der Waals surface area contributed by atoms with Gasteiger partial charge in [-0.2, -0.15) is 18.3 Å². The SMILES string of the molecule is O=C(CN1C(=O)C2(CCC(Oc3cnc4[nH]ncc4c3)CC2)c2ccccc21)N1CCC[C@H]1CC(F)(F)F. The number of aromatic nitrogens is 3. The molecule has 1 saturated heterocycles. The Labute approximate surface area is 217 Å². The Kier molecular flexibility index (Phi) is 6.03. The number of fused-ring (bicyclic) bond motifs is 3. The zero-order valence-electron chi connectivity index (χ0n) is 20.7. The number of carbonyl (C=O) groups excluding carboxylic acids is 2. The van der Waals surface area contributed by atoms with Crippen LogP contribution < -0.4 is 9.64 Å². The molecule has 1 atom stereocenters. The smallest absolute Gasteiger partial charge is 0.391 e. The van der Waals surface area contributed by atoms with Crippen LogP contribution in [0.15, 0.2) is 42.7 Å². The number of para-hydroxylation sites is 1. The van der Waals surface area contributed by atoms with Gasteiger partial charge in [0, 0.05) is 23.7 Å². The Morgan fingerprint density at radius 2 is 1.95 bits per heavy atom. The molecule has 1 aromatic carbocycles. The number of H-pyrrole nitrogens is 1. The fraction of sp³-hybridized carbons (Fsp3) is 0.481. The molecule has 3 aliphatic rings. The third-order valence-corrected chi connectivity index (χ3v) is 8.18. The Hall–Kier alpha value is -3.63. The van der Waals surface area contributed by atoms with Crippen molar-refractivity contribution >= 4 is 28.5 Å². The van der Waals surface area contributed by atoms with Crippen molar-refractivity contribution in [3.63, 3.8) is 0 Å². The lowest BCUT2D eigenvalue weighted by atomic mass is 9.69. The number of amides is 2. The number of hydrogen-bond acceptors (Lipinski definition) is 5. The zero-order valence-corrected chi connectivity index (χ0v) is 20.7. The van der Waals surface area contributed by atoms with Crippen molar-refractivity contribution in [1.29, 1.82) is 0 Å². The minimum Gasteiger partial charge on any atom is -0.489 e. The third kappa shape index (κ3) is 4.37. The van der Waals surface area contributed by atoms with E-state index < -0.39 is 30.0 Å². The lowest BCUT2D eigenvalue weighted by molar-refractivity contribution is -0.151. The van der Waals surface area contributed by atoms with Crippen molar-refractivity contribution in [2.45, 2.75) is 68.7 Å². The lowest BCUT2D eigenvalue weighted by Gasteiger charge is -2.36. The summed E-state index contributed by atoms with van der Waals surface area (Å²) >= 11 is 0. The first-order valence-corrected chi connectivity index (χ1v) is 13.0. The highest BCUT2D eigenvalue weighted by Crippen LogP contribution is 2.50. The number of rotatable bonds is 5. The maximum atomic E-state index is 13.9. The molecule has 1 N–H and O–H groups in total. The molecule has 2 amide bonds. The number of hydrogen-bond donors (Lipinski definition) is 1. The monoisotopic (exact) mass is 527 g/mol. The lowest BCUT2D eigenvalue weighted by Crippen LogP contribution is -2.49. The highest BCUT2D eigenvalue weighted by molar-refractivity contribution is 6.10. The third-order valence-electron chi connectivity index (χ3n) is 8.18. The second-order valence-electron chi connectivity index (χ2n) is 10.5. The van der Waals surface area contributed by atoms with Gasteiger partial charge in [0.25, 0.3) is 0 Å². The molecule has 1 aliphatic carbocycles. The van der Waals surface area contributed by atoms with Crippen LogP contribution in [-0.2, 0) is 15.0 Å². The zero-order chi connectivity index (χ0) is 26.5. The summed E-state index contributed by atoms with van der Waals surface area (Å²) in [5, 5.41) is 7.64. The van der Waals surface area contributed by atoms with Gasteiger partial charge in [-0.3, -0.25) is 14.7 Å². The summed E-state index contributed by atoms with van der Waals surface area (Å²) in [6.07, 6.45) is 1.15. The molecule has 6 rings (SSSR count). The van der Waals surface area contributed by atoms with E-state index in [0.717, 1.165) is 10.9 Å². The molecular weight excluding hydrogens is 499 g/mol. The van der Waals surface area contributed by atoms with Crippen LogP contribution in [0.5, 0.6) is 5.75 Å². The molecule has 2 aliphatic heterocycles. The molecule has 4 heterocycles. The van der Waals surface area contributed by atoms with Gasteiger partial charge in [0.05, 0.1) is 30.3 Å². The molecule has 1 spiro atoms. The predicted octanol–water partition coefficient (Wildman–Crippen LogP) is 4.51. The number of pyridine rings is 1. The van der Waals surface area contributed by atoms with Crippen molar-refractivity contribution in [3.05, 3.63) is 48.3 Å². The Balaban J connectivity index is 1.17. The van der Waals surface area contributed by atoms with E-state index in [1.54, 1.807) is 12.4 Å². The number of aromatic amines is 1. The number of ether oxygens (including phenoxy) is 1. The largest absolute Gasteiger partial charge is 0.489 e. The predicted molar refractivity (Wildman–Crippen MR) is 133 cm³/mol. The minimum atomic E-state index is -4.34. The topological polar surface area (TPSA) is 91.4 Å². The second-order valence-corrected chi connectivity index (χ2v) is 10.5. The highest BCUT2D eigenvalue weighted by atomic mass is 19.4. The Morgan fingerprint density at radius 1 is 1.16 bits per heavy atom. The van der Waals surface area contributed by atoms with Crippen LogP contribution in [-0.4, -0.2) is 63.3 Å². The molecule has 11 heteroatoms. The molecule has 0 unspecified atom stereocenters. The van der Waals surface area contributed by atoms with E-state index >= 15 is 0 Å². The molecule has 8 nitrogen and oxygen atoms in total. The van der Waals surface area contributed by atoms with Crippen molar-refractivity contribution in [2.24, 2.45) is 0 Å². The van der Waals surface area contributed by atoms with Crippen molar-refractivity contribution in [2.75, 3.05) is 18.0 Å². The summed E-state index contributed by atoms with van der Waals surface area (Å²) in [6, 6.07) is 8.46. The standard InChI is InChI=1S/C27H28F3N5O3/c28-27(29,30)13-18-4-3-11-34(18)23(36)16-35-22-6-2-1-5-21(22)26(25(35)37)9-7-19(8-10-26)38-20-12-17-14-32-33-24(17)31-15-20/h1-2,5-6,12,14-15,18-19H,3-4,7-11,13,16H2,(H,31,32,33)/t18-,19?,26?/m0/s1. The number of alkyl halides is 3. The van der Waals surface area contributed by atoms with Crippen LogP contribution in [0.4, 0.5) is 18.9 Å². The molecule has 38 heavy (non-hydrogen) atoms. The van der Waals surface area contributed by atoms with Gasteiger partial charge in [0.1, 0.15) is 12.3 Å². The van der Waals surface area contributed by atoms with Crippen LogP contribution in [0.3, 0.4) is 0 Å². The van der Waals surface area contributed by atoms with Gasteiger partial charge in [-0.25, -0.2) is 4.98 Å². The summed E-state index contributed by atoms with van der Waals surface area (Å²) in [7, 11) is 0. The normalized spacial score (nSPS) is 25.4. The molecule has 2 aromatic heterocycles. The maximum Gasteiger partial charge on any atom is 0.391 e. The van der Waals surface area contributed by atoms with Crippen LogP contribution in [0.1, 0.15) is 50.5 Å².